The highest BCUT2D eigenvalue weighted by molar-refractivity contribution is 6.08. The van der Waals surface area contributed by atoms with E-state index in [4.69, 9.17) is 14.2 Å². The van der Waals surface area contributed by atoms with Gasteiger partial charge in [-0.2, -0.15) is 0 Å². The van der Waals surface area contributed by atoms with E-state index in [2.05, 4.69) is 10.2 Å². The highest BCUT2D eigenvalue weighted by Crippen LogP contribution is 2.55. The van der Waals surface area contributed by atoms with Gasteiger partial charge in [0.2, 0.25) is 5.91 Å². The van der Waals surface area contributed by atoms with Crippen molar-refractivity contribution in [1.29, 1.82) is 0 Å². The molecule has 0 radical (unpaired) electrons. The van der Waals surface area contributed by atoms with Gasteiger partial charge in [0.15, 0.2) is 0 Å². The molecule has 4 heterocycles. The van der Waals surface area contributed by atoms with E-state index in [0.29, 0.717) is 24.3 Å². The molecule has 0 saturated carbocycles. The number of fused-ring (bicyclic) bond motifs is 4. The number of esters is 3. The first-order valence-corrected chi connectivity index (χ1v) is 11.7. The summed E-state index contributed by atoms with van der Waals surface area (Å²) in [6.45, 7) is 0.683. The van der Waals surface area contributed by atoms with Gasteiger partial charge in [-0.1, -0.05) is 6.08 Å². The number of nitrogens with zero attached hydrogens (tertiary/aromatic N) is 2. The van der Waals surface area contributed by atoms with Crippen molar-refractivity contribution in [3.63, 3.8) is 0 Å². The lowest BCUT2D eigenvalue weighted by Gasteiger charge is -2.33. The molecule has 1 spiro atoms. The molecular weight excluding hydrogens is 466 g/mol. The highest BCUT2D eigenvalue weighted by Gasteiger charge is 2.63. The molecule has 3 atom stereocenters. The second-order valence-corrected chi connectivity index (χ2v) is 9.10. The Morgan fingerprint density at radius 1 is 1.06 bits per heavy atom. The van der Waals surface area contributed by atoms with Gasteiger partial charge in [0.05, 0.1) is 32.8 Å². The molecule has 2 fully saturated rings. The fourth-order valence-corrected chi connectivity index (χ4v) is 5.98. The lowest BCUT2D eigenvalue weighted by Crippen LogP contribution is -2.47. The second-order valence-electron chi connectivity index (χ2n) is 9.10. The Morgan fingerprint density at radius 3 is 2.56 bits per heavy atom. The lowest BCUT2D eigenvalue weighted by molar-refractivity contribution is -0.146. The molecule has 188 valence electrons. The molecule has 0 aliphatic carbocycles. The van der Waals surface area contributed by atoms with Crippen molar-refractivity contribution < 1.29 is 33.4 Å². The monoisotopic (exact) mass is 493 g/mol. The van der Waals surface area contributed by atoms with Gasteiger partial charge in [-0.15, -0.1) is 0 Å². The molecule has 5 rings (SSSR count). The minimum atomic E-state index is -1.03. The van der Waals surface area contributed by atoms with Crippen LogP contribution in [0.1, 0.15) is 24.8 Å². The topological polar surface area (TPSA) is 114 Å². The standard InChI is InChI=1S/C26H27N3O7/c1-34-22(30)16-7-4-5-11-28(21(16)24(32)36-3)15-9-10-19-18(13-15)26(25(33)27-19)14-17(23(31)35-2)20-8-6-12-29(20)26/h4-5,7,9-11,13,17,20H,6,8,12,14H2,1-3H3,(H,27,33). The number of carbonyl (C=O) groups is 4. The lowest BCUT2D eigenvalue weighted by atomic mass is 9.84. The number of allylic oxidation sites excluding steroid dienone is 2. The Balaban J connectivity index is 1.64. The largest absolute Gasteiger partial charge is 0.469 e. The Labute approximate surface area is 208 Å². The molecule has 0 bridgehead atoms. The summed E-state index contributed by atoms with van der Waals surface area (Å²) in [7, 11) is 3.84. The van der Waals surface area contributed by atoms with Crippen LogP contribution >= 0.6 is 0 Å². The van der Waals surface area contributed by atoms with E-state index in [1.54, 1.807) is 35.4 Å². The van der Waals surface area contributed by atoms with Crippen molar-refractivity contribution in [2.24, 2.45) is 5.92 Å². The molecule has 1 N–H and O–H groups in total. The van der Waals surface area contributed by atoms with Gasteiger partial charge in [-0.3, -0.25) is 14.5 Å². The van der Waals surface area contributed by atoms with Crippen LogP contribution in [0.15, 0.2) is 53.9 Å². The molecule has 1 aromatic carbocycles. The average Bonchev–Trinajstić information content (AvgIpc) is 3.51. The molecule has 36 heavy (non-hydrogen) atoms. The van der Waals surface area contributed by atoms with Gasteiger partial charge < -0.3 is 24.4 Å². The number of hydrogen-bond donors (Lipinski definition) is 1. The van der Waals surface area contributed by atoms with Crippen molar-refractivity contribution in [2.75, 3.05) is 38.1 Å². The Bertz CT molecular complexity index is 1250. The zero-order chi connectivity index (χ0) is 25.6. The Hall–Kier alpha value is -3.92. The molecule has 0 aromatic heterocycles. The Kier molecular flexibility index (Phi) is 5.91. The van der Waals surface area contributed by atoms with Crippen LogP contribution in [0, 0.1) is 5.92 Å². The van der Waals surface area contributed by atoms with E-state index in [1.807, 2.05) is 6.07 Å². The number of anilines is 2. The SMILES string of the molecule is COC(=O)C1=C(C(=O)OC)N(c2ccc3c(c2)C2(CC(C(=O)OC)C4CCCN42)C(=O)N3)C=CC=C1. The number of amides is 1. The fourth-order valence-electron chi connectivity index (χ4n) is 5.98. The van der Waals surface area contributed by atoms with Crippen LogP contribution in [-0.2, 0) is 38.9 Å². The van der Waals surface area contributed by atoms with Crippen LogP contribution < -0.4 is 10.2 Å². The van der Waals surface area contributed by atoms with Crippen molar-refractivity contribution in [1.82, 2.24) is 4.90 Å². The molecule has 3 unspecified atom stereocenters. The van der Waals surface area contributed by atoms with Gasteiger partial charge in [-0.25, -0.2) is 9.59 Å². The maximum absolute atomic E-state index is 13.5. The first kappa shape index (κ1) is 23.8. The summed E-state index contributed by atoms with van der Waals surface area (Å²) in [5, 5.41) is 2.98. The minimum absolute atomic E-state index is 0.0152. The molecule has 4 aliphatic heterocycles. The molecule has 2 saturated heterocycles. The van der Waals surface area contributed by atoms with Crippen molar-refractivity contribution in [3.8, 4) is 0 Å². The van der Waals surface area contributed by atoms with E-state index in [1.165, 1.54) is 27.4 Å². The summed E-state index contributed by atoms with van der Waals surface area (Å²) < 4.78 is 15.0. The van der Waals surface area contributed by atoms with E-state index in [0.717, 1.165) is 18.4 Å². The number of hydrogen-bond acceptors (Lipinski definition) is 9. The number of methoxy groups -OCH3 is 3. The van der Waals surface area contributed by atoms with Crippen LogP contribution in [-0.4, -0.2) is 62.6 Å². The third-order valence-corrected chi connectivity index (χ3v) is 7.51. The van der Waals surface area contributed by atoms with Crippen LogP contribution in [0.5, 0.6) is 0 Å². The number of rotatable bonds is 4. The van der Waals surface area contributed by atoms with Crippen molar-refractivity contribution in [3.05, 3.63) is 59.5 Å². The van der Waals surface area contributed by atoms with Gasteiger partial charge in [-0.05, 0) is 56.2 Å². The summed E-state index contributed by atoms with van der Waals surface area (Å²) in [5.74, 6) is -2.33. The maximum atomic E-state index is 13.5. The average molecular weight is 494 g/mol. The normalized spacial score (nSPS) is 26.5. The molecule has 1 amide bonds. The van der Waals surface area contributed by atoms with Gasteiger partial charge in [0, 0.05) is 29.2 Å². The van der Waals surface area contributed by atoms with Crippen molar-refractivity contribution in [2.45, 2.75) is 30.8 Å². The molecule has 1 aromatic rings. The zero-order valence-electron chi connectivity index (χ0n) is 20.3. The van der Waals surface area contributed by atoms with Crippen LogP contribution in [0.4, 0.5) is 11.4 Å². The summed E-state index contributed by atoms with van der Waals surface area (Å²) in [6.07, 6.45) is 8.43. The van der Waals surface area contributed by atoms with Crippen molar-refractivity contribution >= 4 is 35.2 Å². The highest BCUT2D eigenvalue weighted by atomic mass is 16.5. The number of carbonyl (C=O) groups excluding carboxylic acids is 4. The quantitative estimate of drug-likeness (QED) is 0.497. The second kappa shape index (κ2) is 8.94. The van der Waals surface area contributed by atoms with Crippen LogP contribution in [0.3, 0.4) is 0 Å². The zero-order valence-corrected chi connectivity index (χ0v) is 20.3. The predicted molar refractivity (Wildman–Crippen MR) is 128 cm³/mol. The minimum Gasteiger partial charge on any atom is -0.469 e. The molecule has 10 heteroatoms. The van der Waals surface area contributed by atoms with Gasteiger partial charge >= 0.3 is 17.9 Å². The smallest absolute Gasteiger partial charge is 0.355 e. The van der Waals surface area contributed by atoms with E-state index in [9.17, 15) is 19.2 Å². The van der Waals surface area contributed by atoms with Crippen LogP contribution in [0.25, 0.3) is 0 Å². The third-order valence-electron chi connectivity index (χ3n) is 7.51. The number of nitrogens with one attached hydrogen (secondary N) is 1. The Morgan fingerprint density at radius 2 is 1.83 bits per heavy atom. The van der Waals surface area contributed by atoms with Gasteiger partial charge in [0.25, 0.3) is 0 Å². The summed E-state index contributed by atoms with van der Waals surface area (Å²) >= 11 is 0. The first-order valence-electron chi connectivity index (χ1n) is 11.7. The van der Waals surface area contributed by atoms with Crippen LogP contribution in [0.2, 0.25) is 0 Å². The van der Waals surface area contributed by atoms with E-state index in [-0.39, 0.29) is 29.2 Å². The van der Waals surface area contributed by atoms with E-state index >= 15 is 0 Å². The summed E-state index contributed by atoms with van der Waals surface area (Å²) in [6, 6.07) is 5.26. The van der Waals surface area contributed by atoms with E-state index < -0.39 is 23.4 Å². The van der Waals surface area contributed by atoms with Gasteiger partial charge in [0.1, 0.15) is 11.2 Å². The number of benzene rings is 1. The first-order chi connectivity index (χ1) is 17.4. The molecular formula is C26H27N3O7. The summed E-state index contributed by atoms with van der Waals surface area (Å²) in [4.78, 5) is 55.2. The summed E-state index contributed by atoms with van der Waals surface area (Å²) in [5.41, 5.74) is 0.901. The fraction of sp³-hybridized carbons (Fsp3) is 0.385. The third kappa shape index (κ3) is 3.35. The molecule has 10 nitrogen and oxygen atoms in total. The maximum Gasteiger partial charge on any atom is 0.355 e. The number of ether oxygens (including phenoxy) is 3. The predicted octanol–water partition coefficient (Wildman–Crippen LogP) is 1.98. The molecule has 4 aliphatic rings.